The molecule has 3 aromatic rings. The quantitative estimate of drug-likeness (QED) is 0.724. The van der Waals surface area contributed by atoms with Crippen molar-refractivity contribution in [1.29, 1.82) is 0 Å². The van der Waals surface area contributed by atoms with Gasteiger partial charge in [-0.3, -0.25) is 4.98 Å². The molecule has 6 heteroatoms. The molecule has 0 saturated heterocycles. The van der Waals surface area contributed by atoms with E-state index in [9.17, 15) is 0 Å². The van der Waals surface area contributed by atoms with Gasteiger partial charge in [-0.15, -0.1) is 5.10 Å². The van der Waals surface area contributed by atoms with E-state index in [0.717, 1.165) is 22.8 Å². The Hall–Kier alpha value is -2.60. The Labute approximate surface area is 135 Å². The number of rotatable bonds is 5. The molecule has 3 aromatic heterocycles. The lowest BCUT2D eigenvalue weighted by Gasteiger charge is -2.12. The van der Waals surface area contributed by atoms with Crippen molar-refractivity contribution in [3.8, 4) is 17.2 Å². The van der Waals surface area contributed by atoms with Crippen LogP contribution < -0.4 is 0 Å². The van der Waals surface area contributed by atoms with Crippen LogP contribution in [-0.4, -0.2) is 31.3 Å². The number of hydrogen-bond donors (Lipinski definition) is 0. The molecule has 0 aromatic carbocycles. The van der Waals surface area contributed by atoms with Crippen LogP contribution in [0.3, 0.4) is 0 Å². The third kappa shape index (κ3) is 3.27. The van der Waals surface area contributed by atoms with Crippen LogP contribution in [0.25, 0.3) is 17.2 Å². The van der Waals surface area contributed by atoms with Gasteiger partial charge in [0.25, 0.3) is 0 Å². The maximum absolute atomic E-state index is 5.71. The average molecular weight is 309 g/mol. The molecule has 0 aliphatic carbocycles. The third-order valence-corrected chi connectivity index (χ3v) is 3.47. The number of aromatic nitrogens is 5. The first-order chi connectivity index (χ1) is 11.2. The standard InChI is InChI=1S/C17H19N5O/c1-4-23-13(3)17-20-16(14-6-8-18-9-7-14)21-22(17)15-11-12(2)5-10-19-15/h5-11,13H,4H2,1-3H3/t13-/m0/s1. The summed E-state index contributed by atoms with van der Waals surface area (Å²) in [4.78, 5) is 13.1. The minimum Gasteiger partial charge on any atom is -0.371 e. The molecule has 1 atom stereocenters. The first-order valence-electron chi connectivity index (χ1n) is 7.61. The minimum absolute atomic E-state index is 0.176. The summed E-state index contributed by atoms with van der Waals surface area (Å²) in [6.45, 7) is 6.57. The van der Waals surface area contributed by atoms with Crippen LogP contribution >= 0.6 is 0 Å². The Morgan fingerprint density at radius 3 is 2.65 bits per heavy atom. The van der Waals surface area contributed by atoms with E-state index in [1.807, 2.05) is 45.0 Å². The predicted molar refractivity (Wildman–Crippen MR) is 87.2 cm³/mol. The smallest absolute Gasteiger partial charge is 0.182 e. The molecule has 3 rings (SSSR count). The lowest BCUT2D eigenvalue weighted by Crippen LogP contribution is -2.10. The van der Waals surface area contributed by atoms with E-state index < -0.39 is 0 Å². The normalized spacial score (nSPS) is 12.3. The topological polar surface area (TPSA) is 65.7 Å². The maximum atomic E-state index is 5.71. The first kappa shape index (κ1) is 15.3. The minimum atomic E-state index is -0.176. The molecule has 0 spiro atoms. The van der Waals surface area contributed by atoms with E-state index in [-0.39, 0.29) is 6.10 Å². The molecule has 118 valence electrons. The second-order valence-electron chi connectivity index (χ2n) is 5.23. The lowest BCUT2D eigenvalue weighted by atomic mass is 10.2. The predicted octanol–water partition coefficient (Wildman–Crippen LogP) is 3.13. The zero-order chi connectivity index (χ0) is 16.2. The van der Waals surface area contributed by atoms with Crippen LogP contribution in [0.2, 0.25) is 0 Å². The van der Waals surface area contributed by atoms with Gasteiger partial charge in [-0.25, -0.2) is 9.97 Å². The summed E-state index contributed by atoms with van der Waals surface area (Å²) < 4.78 is 7.46. The van der Waals surface area contributed by atoms with Crippen molar-refractivity contribution >= 4 is 0 Å². The van der Waals surface area contributed by atoms with Crippen LogP contribution in [0.15, 0.2) is 42.9 Å². The van der Waals surface area contributed by atoms with E-state index in [1.54, 1.807) is 23.3 Å². The summed E-state index contributed by atoms with van der Waals surface area (Å²) in [6.07, 6.45) is 5.05. The Bertz CT molecular complexity index is 785. The van der Waals surface area contributed by atoms with E-state index in [1.165, 1.54) is 0 Å². The van der Waals surface area contributed by atoms with Crippen molar-refractivity contribution in [3.63, 3.8) is 0 Å². The van der Waals surface area contributed by atoms with Gasteiger partial charge in [-0.05, 0) is 50.6 Å². The van der Waals surface area contributed by atoms with Crippen LogP contribution in [0.5, 0.6) is 0 Å². The first-order valence-corrected chi connectivity index (χ1v) is 7.61. The van der Waals surface area contributed by atoms with Gasteiger partial charge in [0.05, 0.1) is 0 Å². The highest BCUT2D eigenvalue weighted by molar-refractivity contribution is 5.53. The fraction of sp³-hybridized carbons (Fsp3) is 0.294. The summed E-state index contributed by atoms with van der Waals surface area (Å²) in [5.74, 6) is 2.10. The van der Waals surface area contributed by atoms with Gasteiger partial charge in [0.1, 0.15) is 6.10 Å². The van der Waals surface area contributed by atoms with Gasteiger partial charge in [0.15, 0.2) is 17.5 Å². The summed E-state index contributed by atoms with van der Waals surface area (Å²) in [6, 6.07) is 7.71. The summed E-state index contributed by atoms with van der Waals surface area (Å²) in [5, 5.41) is 4.63. The van der Waals surface area contributed by atoms with Crippen LogP contribution in [0, 0.1) is 6.92 Å². The Morgan fingerprint density at radius 2 is 1.96 bits per heavy atom. The zero-order valence-corrected chi connectivity index (χ0v) is 13.5. The highest BCUT2D eigenvalue weighted by atomic mass is 16.5. The zero-order valence-electron chi connectivity index (χ0n) is 13.5. The number of pyridine rings is 2. The number of ether oxygens (including phenoxy) is 1. The molecule has 0 aliphatic rings. The van der Waals surface area contributed by atoms with E-state index in [4.69, 9.17) is 4.74 Å². The second kappa shape index (κ2) is 6.66. The molecule has 0 N–H and O–H groups in total. The highest BCUT2D eigenvalue weighted by Crippen LogP contribution is 2.22. The summed E-state index contributed by atoms with van der Waals surface area (Å²) >= 11 is 0. The van der Waals surface area contributed by atoms with Gasteiger partial charge < -0.3 is 4.74 Å². The van der Waals surface area contributed by atoms with E-state index >= 15 is 0 Å². The Morgan fingerprint density at radius 1 is 1.17 bits per heavy atom. The molecule has 23 heavy (non-hydrogen) atoms. The fourth-order valence-corrected chi connectivity index (χ4v) is 2.34. The van der Waals surface area contributed by atoms with Crippen molar-refractivity contribution < 1.29 is 4.74 Å². The number of hydrogen-bond acceptors (Lipinski definition) is 5. The molecule has 0 radical (unpaired) electrons. The van der Waals surface area contributed by atoms with Crippen molar-refractivity contribution in [3.05, 3.63) is 54.2 Å². The Balaban J connectivity index is 2.11. The molecule has 0 fully saturated rings. The molecule has 6 nitrogen and oxygen atoms in total. The molecule has 0 bridgehead atoms. The average Bonchev–Trinajstić information content (AvgIpc) is 3.01. The monoisotopic (exact) mass is 309 g/mol. The molecular formula is C17H19N5O. The van der Waals surface area contributed by atoms with Crippen molar-refractivity contribution in [1.82, 2.24) is 24.7 Å². The van der Waals surface area contributed by atoms with Gasteiger partial charge in [0, 0.05) is 30.8 Å². The summed E-state index contributed by atoms with van der Waals surface area (Å²) in [5.41, 5.74) is 2.03. The molecule has 0 amide bonds. The fourth-order valence-electron chi connectivity index (χ4n) is 2.34. The van der Waals surface area contributed by atoms with Gasteiger partial charge in [0.2, 0.25) is 0 Å². The maximum Gasteiger partial charge on any atom is 0.182 e. The lowest BCUT2D eigenvalue weighted by molar-refractivity contribution is 0.0685. The van der Waals surface area contributed by atoms with E-state index in [0.29, 0.717) is 12.4 Å². The largest absolute Gasteiger partial charge is 0.371 e. The van der Waals surface area contributed by atoms with Crippen LogP contribution in [0.1, 0.15) is 31.3 Å². The van der Waals surface area contributed by atoms with Gasteiger partial charge in [-0.1, -0.05) is 0 Å². The number of aryl methyl sites for hydroxylation is 1. The molecule has 3 heterocycles. The third-order valence-electron chi connectivity index (χ3n) is 3.47. The van der Waals surface area contributed by atoms with Crippen molar-refractivity contribution in [2.45, 2.75) is 26.9 Å². The van der Waals surface area contributed by atoms with Gasteiger partial charge in [-0.2, -0.15) is 4.68 Å². The van der Waals surface area contributed by atoms with Crippen molar-refractivity contribution in [2.24, 2.45) is 0 Å². The number of nitrogens with zero attached hydrogens (tertiary/aromatic N) is 5. The van der Waals surface area contributed by atoms with E-state index in [2.05, 4.69) is 20.1 Å². The molecular weight excluding hydrogens is 290 g/mol. The molecule has 0 aliphatic heterocycles. The van der Waals surface area contributed by atoms with Gasteiger partial charge >= 0.3 is 0 Å². The van der Waals surface area contributed by atoms with Crippen molar-refractivity contribution in [2.75, 3.05) is 6.61 Å². The molecule has 0 saturated carbocycles. The second-order valence-corrected chi connectivity index (χ2v) is 5.23. The van der Waals surface area contributed by atoms with Crippen LogP contribution in [0.4, 0.5) is 0 Å². The Kier molecular flexibility index (Phi) is 4.43. The summed E-state index contributed by atoms with van der Waals surface area (Å²) in [7, 11) is 0. The SMILES string of the molecule is CCO[C@@H](C)c1nc(-c2ccncc2)nn1-c1cc(C)ccn1. The highest BCUT2D eigenvalue weighted by Gasteiger charge is 2.19. The molecule has 0 unspecified atom stereocenters. The van der Waals surface area contributed by atoms with Crippen LogP contribution in [-0.2, 0) is 4.74 Å².